The maximum Gasteiger partial charge on any atom is 0.180 e. The molecular weight excluding hydrogens is 317 g/mol. The first-order chi connectivity index (χ1) is 11.1. The lowest BCUT2D eigenvalue weighted by molar-refractivity contribution is 0.269. The molecule has 124 valence electrons. The number of rotatable bonds is 8. The first-order valence-corrected chi connectivity index (χ1v) is 8.05. The number of hydrogen-bond acceptors (Lipinski definition) is 3. The highest BCUT2D eigenvalue weighted by Crippen LogP contribution is 2.37. The van der Waals surface area contributed by atoms with E-state index in [-0.39, 0.29) is 5.82 Å². The fourth-order valence-electron chi connectivity index (χ4n) is 2.13. The normalized spacial score (nSPS) is 10.6. The fraction of sp³-hybridized carbons (Fsp3) is 0.333. The summed E-state index contributed by atoms with van der Waals surface area (Å²) in [6, 6.07) is 9.98. The lowest BCUT2D eigenvalue weighted by Gasteiger charge is -2.15. The van der Waals surface area contributed by atoms with Crippen molar-refractivity contribution in [3.63, 3.8) is 0 Å². The van der Waals surface area contributed by atoms with Crippen molar-refractivity contribution in [2.45, 2.75) is 27.0 Å². The summed E-state index contributed by atoms with van der Waals surface area (Å²) in [6.45, 7) is 6.37. The summed E-state index contributed by atoms with van der Waals surface area (Å²) in [5.41, 5.74) is 1.90. The molecule has 0 aliphatic carbocycles. The Bertz CT molecular complexity index is 632. The van der Waals surface area contributed by atoms with Crippen molar-refractivity contribution in [1.82, 2.24) is 5.32 Å². The molecule has 0 saturated heterocycles. The average molecular weight is 338 g/mol. The van der Waals surface area contributed by atoms with Gasteiger partial charge in [-0.25, -0.2) is 4.39 Å². The predicted molar refractivity (Wildman–Crippen MR) is 90.7 cm³/mol. The molecule has 0 amide bonds. The zero-order valence-electron chi connectivity index (χ0n) is 13.4. The molecule has 0 unspecified atom stereocenters. The van der Waals surface area contributed by atoms with Crippen LogP contribution >= 0.6 is 11.6 Å². The molecule has 23 heavy (non-hydrogen) atoms. The minimum atomic E-state index is -0.269. The highest BCUT2D eigenvalue weighted by molar-refractivity contribution is 6.32. The Morgan fingerprint density at radius 2 is 1.78 bits per heavy atom. The second kappa shape index (κ2) is 8.75. The monoisotopic (exact) mass is 337 g/mol. The van der Waals surface area contributed by atoms with E-state index in [0.29, 0.717) is 36.3 Å². The number of halogens is 2. The van der Waals surface area contributed by atoms with Crippen LogP contribution in [0.5, 0.6) is 11.5 Å². The number of benzene rings is 2. The molecule has 2 aromatic carbocycles. The summed E-state index contributed by atoms with van der Waals surface area (Å²) >= 11 is 6.35. The minimum absolute atomic E-state index is 0.269. The number of hydrogen-bond donors (Lipinski definition) is 1. The van der Waals surface area contributed by atoms with E-state index in [1.54, 1.807) is 12.1 Å². The lowest BCUT2D eigenvalue weighted by Crippen LogP contribution is -2.12. The summed E-state index contributed by atoms with van der Waals surface area (Å²) in [7, 11) is 0. The van der Waals surface area contributed by atoms with Crippen LogP contribution in [0, 0.1) is 5.82 Å². The van der Waals surface area contributed by atoms with Crippen LogP contribution in [0.2, 0.25) is 5.02 Å². The Morgan fingerprint density at radius 3 is 2.43 bits per heavy atom. The van der Waals surface area contributed by atoms with Crippen LogP contribution in [0.25, 0.3) is 0 Å². The van der Waals surface area contributed by atoms with Crippen LogP contribution in [0.15, 0.2) is 36.4 Å². The van der Waals surface area contributed by atoms with Crippen LogP contribution in [0.4, 0.5) is 4.39 Å². The van der Waals surface area contributed by atoms with E-state index in [1.807, 2.05) is 26.0 Å². The topological polar surface area (TPSA) is 30.5 Å². The summed E-state index contributed by atoms with van der Waals surface area (Å²) in [5.74, 6) is 0.864. The molecule has 0 atom stereocenters. The molecule has 3 nitrogen and oxygen atoms in total. The molecule has 2 aromatic rings. The van der Waals surface area contributed by atoms with Gasteiger partial charge in [0, 0.05) is 6.54 Å². The third-order valence-electron chi connectivity index (χ3n) is 3.24. The van der Waals surface area contributed by atoms with Crippen LogP contribution in [-0.4, -0.2) is 13.2 Å². The highest BCUT2D eigenvalue weighted by atomic mass is 35.5. The Morgan fingerprint density at radius 1 is 1.04 bits per heavy atom. The first kappa shape index (κ1) is 17.6. The summed E-state index contributed by atoms with van der Waals surface area (Å²) in [6.07, 6.45) is 0. The first-order valence-electron chi connectivity index (χ1n) is 7.67. The molecule has 0 fully saturated rings. The molecule has 0 bridgehead atoms. The highest BCUT2D eigenvalue weighted by Gasteiger charge is 2.13. The summed E-state index contributed by atoms with van der Waals surface area (Å²) in [5, 5.41) is 3.76. The smallest absolute Gasteiger partial charge is 0.180 e. The quantitative estimate of drug-likeness (QED) is 0.765. The molecule has 5 heteroatoms. The Kier molecular flexibility index (Phi) is 6.68. The standard InChI is InChI=1S/C18H21ClFNO2/c1-3-21-11-14-9-16(19)18(17(10-14)22-4-2)23-12-13-5-7-15(20)8-6-13/h5-10,21H,3-4,11-12H2,1-2H3. The average Bonchev–Trinajstić information content (AvgIpc) is 2.54. The zero-order chi connectivity index (χ0) is 16.7. The molecule has 0 aromatic heterocycles. The van der Waals surface area contributed by atoms with Crippen LogP contribution in [0.3, 0.4) is 0 Å². The van der Waals surface area contributed by atoms with Gasteiger partial charge in [-0.1, -0.05) is 30.7 Å². The Labute approximate surface area is 141 Å². The zero-order valence-corrected chi connectivity index (χ0v) is 14.1. The summed E-state index contributed by atoms with van der Waals surface area (Å²) < 4.78 is 24.4. The van der Waals surface area contributed by atoms with Gasteiger partial charge in [-0.3, -0.25) is 0 Å². The molecule has 0 aliphatic heterocycles. The Hall–Kier alpha value is -1.78. The van der Waals surface area contributed by atoms with Gasteiger partial charge in [-0.2, -0.15) is 0 Å². The van der Waals surface area contributed by atoms with Gasteiger partial charge in [0.25, 0.3) is 0 Å². The maximum absolute atomic E-state index is 12.9. The van der Waals surface area contributed by atoms with E-state index < -0.39 is 0 Å². The second-order valence-corrected chi connectivity index (χ2v) is 5.44. The third kappa shape index (κ3) is 5.12. The van der Waals surface area contributed by atoms with E-state index >= 15 is 0 Å². The summed E-state index contributed by atoms with van der Waals surface area (Å²) in [4.78, 5) is 0. The second-order valence-electron chi connectivity index (χ2n) is 5.03. The number of nitrogens with one attached hydrogen (secondary N) is 1. The van der Waals surface area contributed by atoms with E-state index in [9.17, 15) is 4.39 Å². The van der Waals surface area contributed by atoms with Crippen LogP contribution in [0.1, 0.15) is 25.0 Å². The van der Waals surface area contributed by atoms with E-state index in [1.165, 1.54) is 12.1 Å². The molecular formula is C18H21ClFNO2. The molecule has 0 heterocycles. The molecule has 1 N–H and O–H groups in total. The predicted octanol–water partition coefficient (Wildman–Crippen LogP) is 4.57. The minimum Gasteiger partial charge on any atom is -0.490 e. The van der Waals surface area contributed by atoms with E-state index in [4.69, 9.17) is 21.1 Å². The third-order valence-corrected chi connectivity index (χ3v) is 3.53. The SMILES string of the molecule is CCNCc1cc(Cl)c(OCc2ccc(F)cc2)c(OCC)c1. The molecule has 0 spiro atoms. The van der Waals surface area contributed by atoms with Crippen molar-refractivity contribution in [1.29, 1.82) is 0 Å². The van der Waals surface area contributed by atoms with Gasteiger partial charge in [0.15, 0.2) is 11.5 Å². The maximum atomic E-state index is 12.9. The van der Waals surface area contributed by atoms with Gasteiger partial charge in [-0.15, -0.1) is 0 Å². The van der Waals surface area contributed by atoms with Gasteiger partial charge < -0.3 is 14.8 Å². The fourth-order valence-corrected chi connectivity index (χ4v) is 2.42. The van der Waals surface area contributed by atoms with Crippen molar-refractivity contribution in [3.05, 3.63) is 58.4 Å². The van der Waals surface area contributed by atoms with Gasteiger partial charge in [-0.05, 0) is 48.9 Å². The lowest BCUT2D eigenvalue weighted by atomic mass is 10.2. The van der Waals surface area contributed by atoms with Crippen molar-refractivity contribution in [3.8, 4) is 11.5 Å². The molecule has 2 rings (SSSR count). The Balaban J connectivity index is 2.16. The van der Waals surface area contributed by atoms with Crippen molar-refractivity contribution >= 4 is 11.6 Å². The van der Waals surface area contributed by atoms with Crippen LogP contribution < -0.4 is 14.8 Å². The largest absolute Gasteiger partial charge is 0.490 e. The van der Waals surface area contributed by atoms with Crippen molar-refractivity contribution in [2.75, 3.05) is 13.2 Å². The molecule has 0 radical (unpaired) electrons. The van der Waals surface area contributed by atoms with Gasteiger partial charge in [0.05, 0.1) is 11.6 Å². The molecule has 0 aliphatic rings. The molecule has 0 saturated carbocycles. The number of ether oxygens (including phenoxy) is 2. The van der Waals surface area contributed by atoms with Gasteiger partial charge in [0.2, 0.25) is 0 Å². The van der Waals surface area contributed by atoms with Gasteiger partial charge in [0.1, 0.15) is 12.4 Å². The van der Waals surface area contributed by atoms with Crippen molar-refractivity contribution in [2.24, 2.45) is 0 Å². The van der Waals surface area contributed by atoms with E-state index in [2.05, 4.69) is 5.32 Å². The van der Waals surface area contributed by atoms with Crippen molar-refractivity contribution < 1.29 is 13.9 Å². The van der Waals surface area contributed by atoms with E-state index in [0.717, 1.165) is 17.7 Å². The van der Waals surface area contributed by atoms with Gasteiger partial charge >= 0.3 is 0 Å². The van der Waals surface area contributed by atoms with Crippen LogP contribution in [-0.2, 0) is 13.2 Å².